The normalized spacial score (nSPS) is 12.1. The van der Waals surface area contributed by atoms with Gasteiger partial charge in [0.1, 0.15) is 5.75 Å². The zero-order chi connectivity index (χ0) is 20.0. The SMILES string of the molecule is CC(C(=O)Nc1ccccc1OC(F)F)N(C)Cc1ccccc1[N+](=O)[O-]. The Kier molecular flexibility index (Phi) is 6.78. The van der Waals surface area contributed by atoms with E-state index < -0.39 is 23.5 Å². The van der Waals surface area contributed by atoms with Crippen molar-refractivity contribution in [1.29, 1.82) is 0 Å². The van der Waals surface area contributed by atoms with Crippen molar-refractivity contribution in [3.63, 3.8) is 0 Å². The Labute approximate surface area is 154 Å². The molecular weight excluding hydrogens is 360 g/mol. The molecule has 0 saturated carbocycles. The number of anilines is 1. The zero-order valence-electron chi connectivity index (χ0n) is 14.8. The fraction of sp³-hybridized carbons (Fsp3) is 0.278. The second-order valence-corrected chi connectivity index (χ2v) is 5.84. The van der Waals surface area contributed by atoms with E-state index in [9.17, 15) is 23.7 Å². The van der Waals surface area contributed by atoms with E-state index in [0.29, 0.717) is 5.56 Å². The van der Waals surface area contributed by atoms with Crippen molar-refractivity contribution < 1.29 is 23.2 Å². The summed E-state index contributed by atoms with van der Waals surface area (Å²) in [5, 5.41) is 13.7. The summed E-state index contributed by atoms with van der Waals surface area (Å²) in [4.78, 5) is 24.7. The zero-order valence-corrected chi connectivity index (χ0v) is 14.8. The van der Waals surface area contributed by atoms with Crippen molar-refractivity contribution in [2.24, 2.45) is 0 Å². The van der Waals surface area contributed by atoms with Crippen LogP contribution in [0.25, 0.3) is 0 Å². The third kappa shape index (κ3) is 5.45. The van der Waals surface area contributed by atoms with Gasteiger partial charge in [0, 0.05) is 18.2 Å². The van der Waals surface area contributed by atoms with Gasteiger partial charge in [-0.1, -0.05) is 30.3 Å². The summed E-state index contributed by atoms with van der Waals surface area (Å²) in [5.41, 5.74) is 0.549. The molecule has 1 amide bonds. The minimum absolute atomic E-state index is 0.0346. The van der Waals surface area contributed by atoms with E-state index >= 15 is 0 Å². The maximum absolute atomic E-state index is 12.5. The van der Waals surface area contributed by atoms with Crippen molar-refractivity contribution in [1.82, 2.24) is 4.90 Å². The lowest BCUT2D eigenvalue weighted by molar-refractivity contribution is -0.385. The van der Waals surface area contributed by atoms with Gasteiger partial charge in [0.05, 0.1) is 16.7 Å². The quantitative estimate of drug-likeness (QED) is 0.559. The molecule has 144 valence electrons. The predicted octanol–water partition coefficient (Wildman–Crippen LogP) is 3.66. The van der Waals surface area contributed by atoms with Gasteiger partial charge in [-0.15, -0.1) is 0 Å². The van der Waals surface area contributed by atoms with Crippen LogP contribution in [0.4, 0.5) is 20.2 Å². The molecule has 2 aromatic rings. The monoisotopic (exact) mass is 379 g/mol. The average Bonchev–Trinajstić information content (AvgIpc) is 2.62. The van der Waals surface area contributed by atoms with Crippen LogP contribution >= 0.6 is 0 Å². The molecule has 27 heavy (non-hydrogen) atoms. The highest BCUT2D eigenvalue weighted by Gasteiger charge is 2.22. The first-order valence-electron chi connectivity index (χ1n) is 8.07. The molecule has 0 bridgehead atoms. The molecular formula is C18H19F2N3O4. The number of nitro benzene ring substituents is 1. The Bertz CT molecular complexity index is 817. The number of nitrogens with one attached hydrogen (secondary N) is 1. The van der Waals surface area contributed by atoms with Crippen LogP contribution in [0.5, 0.6) is 5.75 Å². The van der Waals surface area contributed by atoms with Crippen molar-refractivity contribution in [2.45, 2.75) is 26.1 Å². The highest BCUT2D eigenvalue weighted by molar-refractivity contribution is 5.95. The molecule has 1 unspecified atom stereocenters. The number of nitrogens with zero attached hydrogens (tertiary/aromatic N) is 2. The van der Waals surface area contributed by atoms with E-state index in [1.165, 1.54) is 24.3 Å². The fourth-order valence-corrected chi connectivity index (χ4v) is 2.43. The Balaban J connectivity index is 2.08. The molecule has 0 aliphatic rings. The van der Waals surface area contributed by atoms with Gasteiger partial charge in [0.25, 0.3) is 5.69 Å². The third-order valence-corrected chi connectivity index (χ3v) is 4.01. The fourth-order valence-electron chi connectivity index (χ4n) is 2.43. The smallest absolute Gasteiger partial charge is 0.387 e. The van der Waals surface area contributed by atoms with Crippen LogP contribution in [-0.4, -0.2) is 35.4 Å². The number of hydrogen-bond acceptors (Lipinski definition) is 5. The Morgan fingerprint density at radius 1 is 1.22 bits per heavy atom. The molecule has 2 rings (SSSR count). The molecule has 0 radical (unpaired) electrons. The van der Waals surface area contributed by atoms with Crippen LogP contribution in [0.2, 0.25) is 0 Å². The lowest BCUT2D eigenvalue weighted by Crippen LogP contribution is -2.39. The van der Waals surface area contributed by atoms with Gasteiger partial charge in [-0.3, -0.25) is 19.8 Å². The first-order valence-corrected chi connectivity index (χ1v) is 8.07. The summed E-state index contributed by atoms with van der Waals surface area (Å²) in [6, 6.07) is 11.4. The second-order valence-electron chi connectivity index (χ2n) is 5.84. The molecule has 0 aliphatic heterocycles. The number of nitro groups is 1. The second kappa shape index (κ2) is 9.04. The molecule has 0 fully saturated rings. The summed E-state index contributed by atoms with van der Waals surface area (Å²) in [6.07, 6.45) is 0. The number of carbonyl (C=O) groups is 1. The first kappa shape index (κ1) is 20.2. The van der Waals surface area contributed by atoms with Crippen molar-refractivity contribution in [2.75, 3.05) is 12.4 Å². The number of alkyl halides is 2. The summed E-state index contributed by atoms with van der Waals surface area (Å²) in [5.74, 6) is -0.601. The van der Waals surface area contributed by atoms with Gasteiger partial charge in [-0.2, -0.15) is 8.78 Å². The van der Waals surface area contributed by atoms with Crippen molar-refractivity contribution >= 4 is 17.3 Å². The Hall–Kier alpha value is -3.07. The van der Waals surface area contributed by atoms with Crippen LogP contribution in [0.1, 0.15) is 12.5 Å². The number of carbonyl (C=O) groups excluding carboxylic acids is 1. The average molecular weight is 379 g/mol. The summed E-state index contributed by atoms with van der Waals surface area (Å²) >= 11 is 0. The van der Waals surface area contributed by atoms with Crippen molar-refractivity contribution in [3.05, 3.63) is 64.2 Å². The van der Waals surface area contributed by atoms with E-state index in [0.717, 1.165) is 0 Å². The highest BCUT2D eigenvalue weighted by Crippen LogP contribution is 2.26. The van der Waals surface area contributed by atoms with Gasteiger partial charge in [0.15, 0.2) is 0 Å². The van der Waals surface area contributed by atoms with Crippen LogP contribution in [0, 0.1) is 10.1 Å². The number of rotatable bonds is 8. The van der Waals surface area contributed by atoms with Gasteiger partial charge in [-0.25, -0.2) is 0 Å². The molecule has 0 aromatic heterocycles. The number of likely N-dealkylation sites (N-methyl/N-ethyl adjacent to an activating group) is 1. The van der Waals surface area contributed by atoms with E-state index in [4.69, 9.17) is 0 Å². The Morgan fingerprint density at radius 3 is 2.52 bits per heavy atom. The summed E-state index contributed by atoms with van der Waals surface area (Å²) in [7, 11) is 1.64. The maximum atomic E-state index is 12.5. The van der Waals surface area contributed by atoms with Gasteiger partial charge >= 0.3 is 6.61 Å². The highest BCUT2D eigenvalue weighted by atomic mass is 19.3. The van der Waals surface area contributed by atoms with Gasteiger partial charge < -0.3 is 10.1 Å². The predicted molar refractivity (Wildman–Crippen MR) is 95.7 cm³/mol. The standard InChI is InChI=1S/C18H19F2N3O4/c1-12(22(2)11-13-7-3-5-9-15(13)23(25)26)17(24)21-14-8-4-6-10-16(14)27-18(19)20/h3-10,12,18H,11H2,1-2H3,(H,21,24). The van der Waals surface area contributed by atoms with Crippen molar-refractivity contribution in [3.8, 4) is 5.75 Å². The molecule has 0 saturated heterocycles. The van der Waals surface area contributed by atoms with E-state index in [1.807, 2.05) is 0 Å². The molecule has 1 atom stereocenters. The number of para-hydroxylation sites is 3. The number of benzene rings is 2. The van der Waals surface area contributed by atoms with Crippen LogP contribution in [0.15, 0.2) is 48.5 Å². The molecule has 9 heteroatoms. The number of halogens is 2. The maximum Gasteiger partial charge on any atom is 0.387 e. The molecule has 0 spiro atoms. The molecule has 7 nitrogen and oxygen atoms in total. The van der Waals surface area contributed by atoms with Crippen LogP contribution in [-0.2, 0) is 11.3 Å². The van der Waals surface area contributed by atoms with E-state index in [2.05, 4.69) is 10.1 Å². The summed E-state index contributed by atoms with van der Waals surface area (Å²) < 4.78 is 29.3. The number of ether oxygens (including phenoxy) is 1. The van der Waals surface area contributed by atoms with Gasteiger partial charge in [-0.05, 0) is 26.1 Å². The molecule has 0 aliphatic carbocycles. The Morgan fingerprint density at radius 2 is 1.85 bits per heavy atom. The molecule has 0 heterocycles. The lowest BCUT2D eigenvalue weighted by Gasteiger charge is -2.24. The van der Waals surface area contributed by atoms with Gasteiger partial charge in [0.2, 0.25) is 5.91 Å². The van der Waals surface area contributed by atoms with Crippen LogP contribution in [0.3, 0.4) is 0 Å². The summed E-state index contributed by atoms with van der Waals surface area (Å²) in [6.45, 7) is -1.23. The largest absolute Gasteiger partial charge is 0.433 e. The minimum Gasteiger partial charge on any atom is -0.433 e. The topological polar surface area (TPSA) is 84.7 Å². The van der Waals surface area contributed by atoms with E-state index in [1.54, 1.807) is 43.1 Å². The number of hydrogen-bond donors (Lipinski definition) is 1. The molecule has 2 aromatic carbocycles. The lowest BCUT2D eigenvalue weighted by atomic mass is 10.1. The van der Waals surface area contributed by atoms with Crippen LogP contribution < -0.4 is 10.1 Å². The molecule has 1 N–H and O–H groups in total. The van der Waals surface area contributed by atoms with E-state index in [-0.39, 0.29) is 23.7 Å². The first-order chi connectivity index (χ1) is 12.8. The minimum atomic E-state index is -3.01. The third-order valence-electron chi connectivity index (χ3n) is 4.01. The number of amides is 1.